The summed E-state index contributed by atoms with van der Waals surface area (Å²) in [5.41, 5.74) is 3.45. The van der Waals surface area contributed by atoms with Gasteiger partial charge in [0.2, 0.25) is 5.91 Å². The van der Waals surface area contributed by atoms with Gasteiger partial charge in [0.25, 0.3) is 0 Å². The van der Waals surface area contributed by atoms with Crippen LogP contribution in [0.15, 0.2) is 78.9 Å². The Morgan fingerprint density at radius 1 is 1.00 bits per heavy atom. The fraction of sp³-hybridized carbons (Fsp3) is 0.296. The Balaban J connectivity index is 1.30. The third-order valence-corrected chi connectivity index (χ3v) is 6.23. The van der Waals surface area contributed by atoms with E-state index in [1.807, 2.05) is 48.5 Å². The number of hydrogen-bond donors (Lipinski definition) is 2. The van der Waals surface area contributed by atoms with Gasteiger partial charge in [0, 0.05) is 37.7 Å². The van der Waals surface area contributed by atoms with E-state index in [9.17, 15) is 4.79 Å². The van der Waals surface area contributed by atoms with Gasteiger partial charge in [-0.1, -0.05) is 66.2 Å². The highest BCUT2D eigenvalue weighted by Gasteiger charge is 2.36. The van der Waals surface area contributed by atoms with Crippen LogP contribution in [0.5, 0.6) is 5.75 Å². The number of rotatable bonds is 9. The predicted molar refractivity (Wildman–Crippen MR) is 132 cm³/mol. The van der Waals surface area contributed by atoms with E-state index in [1.165, 1.54) is 5.56 Å². The average molecular weight is 464 g/mol. The van der Waals surface area contributed by atoms with Gasteiger partial charge in [-0.15, -0.1) is 0 Å². The summed E-state index contributed by atoms with van der Waals surface area (Å²) in [6.45, 7) is 2.81. The molecule has 1 fully saturated rings. The van der Waals surface area contributed by atoms with Gasteiger partial charge in [-0.3, -0.25) is 9.69 Å². The van der Waals surface area contributed by atoms with Gasteiger partial charge in [0.15, 0.2) is 0 Å². The van der Waals surface area contributed by atoms with Crippen molar-refractivity contribution in [2.75, 3.05) is 13.6 Å². The zero-order chi connectivity index (χ0) is 23.0. The van der Waals surface area contributed by atoms with Gasteiger partial charge < -0.3 is 15.4 Å². The van der Waals surface area contributed by atoms with Crippen molar-refractivity contribution in [3.8, 4) is 5.75 Å². The molecular formula is C27H30ClN3O2. The van der Waals surface area contributed by atoms with Crippen LogP contribution in [0.2, 0.25) is 5.02 Å². The monoisotopic (exact) mass is 463 g/mol. The fourth-order valence-corrected chi connectivity index (χ4v) is 4.45. The minimum atomic E-state index is -0.153. The molecule has 1 saturated heterocycles. The summed E-state index contributed by atoms with van der Waals surface area (Å²) < 4.78 is 5.88. The number of carbonyl (C=O) groups is 1. The van der Waals surface area contributed by atoms with Crippen LogP contribution < -0.4 is 15.4 Å². The fourth-order valence-electron chi connectivity index (χ4n) is 4.24. The molecule has 0 bridgehead atoms. The van der Waals surface area contributed by atoms with Crippen molar-refractivity contribution in [3.05, 3.63) is 101 Å². The van der Waals surface area contributed by atoms with Crippen LogP contribution in [-0.2, 0) is 24.5 Å². The molecule has 3 aromatic rings. The standard InChI is InChI=1S/C27H30ClN3O2/c1-29-27(32)26-15-24(18-31(26)17-22-8-5-9-23(28)14-22)30-16-20-10-12-25(13-11-20)33-19-21-6-3-2-4-7-21/h2-14,24,26,30H,15-19H2,1H3,(H,29,32)/t24-,26+/m1/s1. The van der Waals surface area contributed by atoms with Gasteiger partial charge >= 0.3 is 0 Å². The lowest BCUT2D eigenvalue weighted by Crippen LogP contribution is -2.41. The highest BCUT2D eigenvalue weighted by molar-refractivity contribution is 6.30. The summed E-state index contributed by atoms with van der Waals surface area (Å²) in [7, 11) is 1.70. The van der Waals surface area contributed by atoms with E-state index in [4.69, 9.17) is 16.3 Å². The summed E-state index contributed by atoms with van der Waals surface area (Å²) in [4.78, 5) is 14.7. The molecular weight excluding hydrogens is 434 g/mol. The molecule has 2 atom stereocenters. The summed E-state index contributed by atoms with van der Waals surface area (Å²) in [5, 5.41) is 7.15. The molecule has 0 aliphatic carbocycles. The molecule has 2 N–H and O–H groups in total. The first-order chi connectivity index (χ1) is 16.1. The van der Waals surface area contributed by atoms with Crippen LogP contribution >= 0.6 is 11.6 Å². The van der Waals surface area contributed by atoms with Crippen LogP contribution in [0.3, 0.4) is 0 Å². The van der Waals surface area contributed by atoms with Gasteiger partial charge in [0.05, 0.1) is 6.04 Å². The van der Waals surface area contributed by atoms with Crippen molar-refractivity contribution < 1.29 is 9.53 Å². The molecule has 172 valence electrons. The van der Waals surface area contributed by atoms with Crippen LogP contribution in [0.1, 0.15) is 23.1 Å². The van der Waals surface area contributed by atoms with Crippen molar-refractivity contribution >= 4 is 17.5 Å². The molecule has 0 radical (unpaired) electrons. The van der Waals surface area contributed by atoms with Crippen molar-refractivity contribution in [2.24, 2.45) is 0 Å². The minimum absolute atomic E-state index is 0.0567. The summed E-state index contributed by atoms with van der Waals surface area (Å²) in [6.07, 6.45) is 0.776. The molecule has 0 spiro atoms. The molecule has 1 aliphatic rings. The Hall–Kier alpha value is -2.86. The predicted octanol–water partition coefficient (Wildman–Crippen LogP) is 4.40. The number of halogens is 1. The van der Waals surface area contributed by atoms with Gasteiger partial charge in [-0.25, -0.2) is 0 Å². The second-order valence-corrected chi connectivity index (χ2v) is 8.86. The Morgan fingerprint density at radius 2 is 1.76 bits per heavy atom. The second-order valence-electron chi connectivity index (χ2n) is 8.42. The Kier molecular flexibility index (Phi) is 8.00. The van der Waals surface area contributed by atoms with E-state index in [1.54, 1.807) is 7.05 Å². The molecule has 6 heteroatoms. The number of carbonyl (C=O) groups excluding carboxylic acids is 1. The largest absolute Gasteiger partial charge is 0.489 e. The van der Waals surface area contributed by atoms with E-state index in [-0.39, 0.29) is 18.0 Å². The molecule has 1 amide bonds. The topological polar surface area (TPSA) is 53.6 Å². The lowest BCUT2D eigenvalue weighted by atomic mass is 10.1. The third kappa shape index (κ3) is 6.57. The maximum atomic E-state index is 12.5. The van der Waals surface area contributed by atoms with Gasteiger partial charge in [0.1, 0.15) is 12.4 Å². The quantitative estimate of drug-likeness (QED) is 0.494. The van der Waals surface area contributed by atoms with Crippen molar-refractivity contribution in [1.82, 2.24) is 15.5 Å². The number of nitrogens with zero attached hydrogens (tertiary/aromatic N) is 1. The number of benzene rings is 3. The molecule has 1 heterocycles. The molecule has 0 unspecified atom stereocenters. The maximum absolute atomic E-state index is 12.5. The van der Waals surface area contributed by atoms with Crippen molar-refractivity contribution in [2.45, 2.75) is 38.2 Å². The molecule has 0 aromatic heterocycles. The maximum Gasteiger partial charge on any atom is 0.237 e. The van der Waals surface area contributed by atoms with Crippen LogP contribution in [-0.4, -0.2) is 36.5 Å². The summed E-state index contributed by atoms with van der Waals surface area (Å²) in [6, 6.07) is 26.2. The highest BCUT2D eigenvalue weighted by atomic mass is 35.5. The van der Waals surface area contributed by atoms with Gasteiger partial charge in [-0.2, -0.15) is 0 Å². The number of likely N-dealkylation sites (tertiary alicyclic amines) is 1. The lowest BCUT2D eigenvalue weighted by Gasteiger charge is -2.23. The molecule has 1 aliphatic heterocycles. The van der Waals surface area contributed by atoms with Crippen molar-refractivity contribution in [3.63, 3.8) is 0 Å². The first-order valence-electron chi connectivity index (χ1n) is 11.3. The highest BCUT2D eigenvalue weighted by Crippen LogP contribution is 2.23. The van der Waals surface area contributed by atoms with E-state index in [2.05, 4.69) is 45.9 Å². The van der Waals surface area contributed by atoms with Crippen LogP contribution in [0, 0.1) is 0 Å². The molecule has 4 rings (SSSR count). The number of hydrogen-bond acceptors (Lipinski definition) is 4. The molecule has 5 nitrogen and oxygen atoms in total. The number of ether oxygens (including phenoxy) is 1. The normalized spacial score (nSPS) is 18.2. The zero-order valence-electron chi connectivity index (χ0n) is 18.8. The van der Waals surface area contributed by atoms with E-state index in [0.29, 0.717) is 18.2 Å². The molecule has 0 saturated carbocycles. The number of amides is 1. The average Bonchev–Trinajstić information content (AvgIpc) is 3.25. The first kappa shape index (κ1) is 23.3. The van der Waals surface area contributed by atoms with E-state index < -0.39 is 0 Å². The lowest BCUT2D eigenvalue weighted by molar-refractivity contribution is -0.125. The summed E-state index contributed by atoms with van der Waals surface area (Å²) in [5.74, 6) is 0.914. The molecule has 33 heavy (non-hydrogen) atoms. The molecule has 3 aromatic carbocycles. The van der Waals surface area contributed by atoms with E-state index >= 15 is 0 Å². The van der Waals surface area contributed by atoms with Gasteiger partial charge in [-0.05, 0) is 47.4 Å². The second kappa shape index (κ2) is 11.3. The third-order valence-electron chi connectivity index (χ3n) is 5.99. The van der Waals surface area contributed by atoms with Crippen LogP contribution in [0.4, 0.5) is 0 Å². The smallest absolute Gasteiger partial charge is 0.237 e. The Labute approximate surface area is 200 Å². The van der Waals surface area contributed by atoms with Crippen molar-refractivity contribution in [1.29, 1.82) is 0 Å². The number of nitrogens with one attached hydrogen (secondary N) is 2. The first-order valence-corrected chi connectivity index (χ1v) is 11.7. The Morgan fingerprint density at radius 3 is 2.48 bits per heavy atom. The van der Waals surface area contributed by atoms with E-state index in [0.717, 1.165) is 36.4 Å². The zero-order valence-corrected chi connectivity index (χ0v) is 19.6. The SMILES string of the molecule is CNC(=O)[C@@H]1C[C@@H](NCc2ccc(OCc3ccccc3)cc2)CN1Cc1cccc(Cl)c1. The number of likely N-dealkylation sites (N-methyl/N-ethyl adjacent to an activating group) is 1. The Bertz CT molecular complexity index is 1040. The van der Waals surface area contributed by atoms with Crippen LogP contribution in [0.25, 0.3) is 0 Å². The minimum Gasteiger partial charge on any atom is -0.489 e. The summed E-state index contributed by atoms with van der Waals surface area (Å²) >= 11 is 6.15.